The molecule has 3 nitrogen and oxygen atoms in total. The summed E-state index contributed by atoms with van der Waals surface area (Å²) in [4.78, 5) is 5.10. The van der Waals surface area contributed by atoms with Crippen LogP contribution in [-0.4, -0.2) is 25.5 Å². The van der Waals surface area contributed by atoms with Crippen molar-refractivity contribution in [2.75, 3.05) is 19.8 Å². The molecule has 152 valence electrons. The molecule has 0 aromatic heterocycles. The Morgan fingerprint density at radius 2 is 1.66 bits per heavy atom. The van der Waals surface area contributed by atoms with Gasteiger partial charge in [0.1, 0.15) is 5.66 Å². The minimum Gasteiger partial charge on any atom is -0.371 e. The molecule has 1 saturated heterocycles. The number of allylic oxidation sites excluding steroid dienone is 3. The van der Waals surface area contributed by atoms with Crippen molar-refractivity contribution >= 4 is 5.71 Å². The molecule has 3 heteroatoms. The van der Waals surface area contributed by atoms with Crippen LogP contribution in [0.3, 0.4) is 0 Å². The fourth-order valence-corrected chi connectivity index (χ4v) is 3.23. The third-order valence-electron chi connectivity index (χ3n) is 5.08. The first-order chi connectivity index (χ1) is 14.1. The first-order valence-corrected chi connectivity index (χ1v) is 10.4. The Kier molecular flexibility index (Phi) is 7.56. The van der Waals surface area contributed by atoms with E-state index >= 15 is 0 Å². The molecule has 2 aromatic carbocycles. The smallest absolute Gasteiger partial charge is 0.149 e. The highest BCUT2D eigenvalue weighted by Gasteiger charge is 2.44. The minimum absolute atomic E-state index is 0.314. The third-order valence-corrected chi connectivity index (χ3v) is 5.08. The van der Waals surface area contributed by atoms with Crippen LogP contribution in [0.2, 0.25) is 0 Å². The first-order valence-electron chi connectivity index (χ1n) is 10.4. The van der Waals surface area contributed by atoms with Gasteiger partial charge >= 0.3 is 0 Å². The maximum Gasteiger partial charge on any atom is 0.149 e. The number of rotatable bonds is 10. The molecule has 1 aliphatic heterocycles. The predicted octanol–water partition coefficient (Wildman–Crippen LogP) is 5.64. The van der Waals surface area contributed by atoms with Crippen LogP contribution in [0.15, 0.2) is 89.0 Å². The van der Waals surface area contributed by atoms with Gasteiger partial charge in [0.25, 0.3) is 0 Å². The Morgan fingerprint density at radius 1 is 1.00 bits per heavy atom. The number of hydrogen-bond acceptors (Lipinski definition) is 3. The van der Waals surface area contributed by atoms with Gasteiger partial charge in [0.05, 0.1) is 18.9 Å². The second-order valence-corrected chi connectivity index (χ2v) is 7.89. The van der Waals surface area contributed by atoms with E-state index in [1.54, 1.807) is 0 Å². The van der Waals surface area contributed by atoms with Crippen molar-refractivity contribution in [2.24, 2.45) is 4.99 Å². The van der Waals surface area contributed by atoms with Crippen molar-refractivity contribution in [1.29, 1.82) is 0 Å². The van der Waals surface area contributed by atoms with Gasteiger partial charge in [-0.15, -0.1) is 0 Å². The summed E-state index contributed by atoms with van der Waals surface area (Å²) in [6.45, 7) is 8.42. The SMILES string of the molecule is CC(C)=CCC/C(C)=C/COC/C(=N/C1(c2ccccc2)CN1)c1ccccc1. The molecule has 29 heavy (non-hydrogen) atoms. The molecule has 0 saturated carbocycles. The van der Waals surface area contributed by atoms with E-state index in [-0.39, 0.29) is 5.66 Å². The summed E-state index contributed by atoms with van der Waals surface area (Å²) in [7, 11) is 0. The molecule has 1 heterocycles. The van der Waals surface area contributed by atoms with Crippen LogP contribution in [0, 0.1) is 0 Å². The van der Waals surface area contributed by atoms with Gasteiger partial charge in [0.15, 0.2) is 0 Å². The van der Waals surface area contributed by atoms with Crippen molar-refractivity contribution < 1.29 is 4.74 Å². The molecule has 1 N–H and O–H groups in total. The zero-order valence-electron chi connectivity index (χ0n) is 17.8. The highest BCUT2D eigenvalue weighted by atomic mass is 16.5. The van der Waals surface area contributed by atoms with Crippen LogP contribution >= 0.6 is 0 Å². The summed E-state index contributed by atoms with van der Waals surface area (Å²) < 4.78 is 6.01. The third kappa shape index (κ3) is 6.52. The standard InChI is InChI=1S/C26H32N2O/c1-21(2)11-10-12-22(3)17-18-29-19-25(23-13-6-4-7-14-23)28-26(20-27-26)24-15-8-5-9-16-24/h4-9,11,13-17,27H,10,12,18-20H2,1-3H3/b22-17+,28-25-. The lowest BCUT2D eigenvalue weighted by molar-refractivity contribution is 0.203. The lowest BCUT2D eigenvalue weighted by Crippen LogP contribution is -2.18. The summed E-state index contributed by atoms with van der Waals surface area (Å²) >= 11 is 0. The van der Waals surface area contributed by atoms with Crippen LogP contribution in [0.5, 0.6) is 0 Å². The van der Waals surface area contributed by atoms with E-state index in [1.807, 2.05) is 24.3 Å². The Bertz CT molecular complexity index is 858. The molecule has 0 amide bonds. The zero-order chi connectivity index (χ0) is 20.5. The molecular formula is C26H32N2O. The molecule has 0 spiro atoms. The largest absolute Gasteiger partial charge is 0.371 e. The molecular weight excluding hydrogens is 356 g/mol. The Morgan fingerprint density at radius 3 is 2.28 bits per heavy atom. The Hall–Kier alpha value is -2.49. The van der Waals surface area contributed by atoms with Crippen molar-refractivity contribution in [2.45, 2.75) is 39.3 Å². The normalized spacial score (nSPS) is 19.1. The quantitative estimate of drug-likeness (QED) is 0.248. The van der Waals surface area contributed by atoms with Gasteiger partial charge in [-0.05, 0) is 44.7 Å². The molecule has 1 aliphatic rings. The fourth-order valence-electron chi connectivity index (χ4n) is 3.23. The van der Waals surface area contributed by atoms with E-state index in [1.165, 1.54) is 16.7 Å². The second kappa shape index (κ2) is 10.3. The molecule has 0 bridgehead atoms. The van der Waals surface area contributed by atoms with E-state index < -0.39 is 0 Å². The molecule has 1 unspecified atom stereocenters. The highest BCUT2D eigenvalue weighted by Crippen LogP contribution is 2.32. The lowest BCUT2D eigenvalue weighted by Gasteiger charge is -2.14. The van der Waals surface area contributed by atoms with Gasteiger partial charge < -0.3 is 4.74 Å². The number of hydrogen-bond donors (Lipinski definition) is 1. The van der Waals surface area contributed by atoms with E-state index in [0.717, 1.165) is 30.7 Å². The maximum atomic E-state index is 6.01. The molecule has 0 aliphatic carbocycles. The number of benzene rings is 2. The van der Waals surface area contributed by atoms with Crippen molar-refractivity contribution in [3.05, 3.63) is 95.1 Å². The van der Waals surface area contributed by atoms with E-state index in [0.29, 0.717) is 13.2 Å². The van der Waals surface area contributed by atoms with E-state index in [4.69, 9.17) is 9.73 Å². The molecule has 1 fully saturated rings. The zero-order valence-corrected chi connectivity index (χ0v) is 17.8. The summed E-state index contributed by atoms with van der Waals surface area (Å²) in [5.74, 6) is 0. The topological polar surface area (TPSA) is 43.5 Å². The summed E-state index contributed by atoms with van der Waals surface area (Å²) in [5.41, 5.74) is 5.72. The van der Waals surface area contributed by atoms with Crippen molar-refractivity contribution in [3.63, 3.8) is 0 Å². The molecule has 2 aromatic rings. The van der Waals surface area contributed by atoms with Crippen LogP contribution in [0.4, 0.5) is 0 Å². The fraction of sp³-hybridized carbons (Fsp3) is 0.346. The summed E-state index contributed by atoms with van der Waals surface area (Å²) in [5, 5.41) is 3.44. The van der Waals surface area contributed by atoms with Crippen LogP contribution in [-0.2, 0) is 10.4 Å². The van der Waals surface area contributed by atoms with E-state index in [2.05, 4.69) is 74.6 Å². The number of aliphatic imine (C=N–C) groups is 1. The lowest BCUT2D eigenvalue weighted by atomic mass is 10.1. The molecule has 3 rings (SSSR count). The average Bonchev–Trinajstić information content (AvgIpc) is 3.52. The van der Waals surface area contributed by atoms with Crippen LogP contribution in [0.1, 0.15) is 44.7 Å². The summed E-state index contributed by atoms with van der Waals surface area (Å²) in [6, 6.07) is 20.8. The van der Waals surface area contributed by atoms with Gasteiger partial charge in [-0.2, -0.15) is 0 Å². The van der Waals surface area contributed by atoms with Crippen LogP contribution in [0.25, 0.3) is 0 Å². The highest BCUT2D eigenvalue weighted by molar-refractivity contribution is 6.02. The van der Waals surface area contributed by atoms with Crippen LogP contribution < -0.4 is 5.32 Å². The Balaban J connectivity index is 1.66. The van der Waals surface area contributed by atoms with Gasteiger partial charge in [-0.3, -0.25) is 10.3 Å². The molecule has 1 atom stereocenters. The van der Waals surface area contributed by atoms with Gasteiger partial charge in [-0.1, -0.05) is 84.0 Å². The van der Waals surface area contributed by atoms with Gasteiger partial charge in [0, 0.05) is 6.54 Å². The van der Waals surface area contributed by atoms with Gasteiger partial charge in [-0.25, -0.2) is 0 Å². The first kappa shape index (κ1) is 21.2. The van der Waals surface area contributed by atoms with Crippen molar-refractivity contribution in [3.8, 4) is 0 Å². The predicted molar refractivity (Wildman–Crippen MR) is 122 cm³/mol. The number of nitrogens with one attached hydrogen (secondary N) is 1. The number of ether oxygens (including phenoxy) is 1. The van der Waals surface area contributed by atoms with Gasteiger partial charge in [0.2, 0.25) is 0 Å². The minimum atomic E-state index is -0.314. The summed E-state index contributed by atoms with van der Waals surface area (Å²) in [6.07, 6.45) is 6.63. The monoisotopic (exact) mass is 388 g/mol. The van der Waals surface area contributed by atoms with E-state index in [9.17, 15) is 0 Å². The Labute approximate surface area is 175 Å². The maximum absolute atomic E-state index is 6.01. The average molecular weight is 389 g/mol. The second-order valence-electron chi connectivity index (χ2n) is 7.89. The number of nitrogens with zero attached hydrogens (tertiary/aromatic N) is 1. The van der Waals surface area contributed by atoms with Crippen molar-refractivity contribution in [1.82, 2.24) is 5.32 Å². The molecule has 0 radical (unpaired) electrons.